The fraction of sp³-hybridized carbons (Fsp3) is 0.684. The molecule has 0 saturated heterocycles. The van der Waals surface area contributed by atoms with Crippen molar-refractivity contribution in [2.75, 3.05) is 6.61 Å². The van der Waals surface area contributed by atoms with Crippen molar-refractivity contribution >= 4 is 7.60 Å². The monoisotopic (exact) mass is 371 g/mol. The van der Waals surface area contributed by atoms with Gasteiger partial charge in [0.1, 0.15) is 5.28 Å². The van der Waals surface area contributed by atoms with Gasteiger partial charge in [0.25, 0.3) is 0 Å². The molecule has 1 rings (SSSR count). The van der Waals surface area contributed by atoms with Crippen molar-refractivity contribution < 1.29 is 19.5 Å². The number of nitrogens with two attached hydrogens (primary N) is 1. The van der Waals surface area contributed by atoms with E-state index in [4.69, 9.17) is 5.73 Å². The highest BCUT2D eigenvalue weighted by Crippen LogP contribution is 2.49. The van der Waals surface area contributed by atoms with Gasteiger partial charge in [-0.15, -0.1) is 0 Å². The Hall–Kier alpha value is -0.710. The summed E-state index contributed by atoms with van der Waals surface area (Å²) >= 11 is 0. The smallest absolute Gasteiger partial charge is 0.347 e. The minimum Gasteiger partial charge on any atom is -0.394 e. The number of aryl methyl sites for hydroxylation is 2. The van der Waals surface area contributed by atoms with Crippen molar-refractivity contribution in [2.24, 2.45) is 5.73 Å². The first-order valence-corrected chi connectivity index (χ1v) is 11.0. The lowest BCUT2D eigenvalue weighted by Gasteiger charge is -2.27. The third kappa shape index (κ3) is 8.02. The van der Waals surface area contributed by atoms with Crippen LogP contribution in [0.2, 0.25) is 0 Å². The van der Waals surface area contributed by atoms with E-state index in [1.807, 2.05) is 0 Å². The Morgan fingerprint density at radius 2 is 1.40 bits per heavy atom. The van der Waals surface area contributed by atoms with Gasteiger partial charge in [0.15, 0.2) is 0 Å². The molecule has 0 aliphatic rings. The minimum atomic E-state index is -4.51. The largest absolute Gasteiger partial charge is 0.394 e. The maximum atomic E-state index is 11.4. The number of unbranched alkanes of at least 4 members (excludes halogenated alkanes) is 5. The maximum absolute atomic E-state index is 11.4. The molecule has 6 heteroatoms. The molecule has 0 heterocycles. The summed E-state index contributed by atoms with van der Waals surface area (Å²) < 4.78 is 11.4. The number of hydrogen-bond acceptors (Lipinski definition) is 3. The van der Waals surface area contributed by atoms with Crippen LogP contribution in [0.3, 0.4) is 0 Å². The van der Waals surface area contributed by atoms with Crippen molar-refractivity contribution in [3.63, 3.8) is 0 Å². The van der Waals surface area contributed by atoms with Crippen molar-refractivity contribution in [3.05, 3.63) is 35.4 Å². The van der Waals surface area contributed by atoms with E-state index >= 15 is 0 Å². The first-order chi connectivity index (χ1) is 11.8. The number of rotatable bonds is 13. The van der Waals surface area contributed by atoms with Gasteiger partial charge in [-0.1, -0.05) is 63.3 Å². The standard InChI is InChI=1S/C19H34NO4P/c1-2-3-4-5-6-7-9-17-11-13-18(14-12-17)10-8-15-19(20,16-21)25(22,23)24/h11-14,21H,2-10,15-16,20H2,1H3,(H2,22,23,24)/t19-/m0/s1. The molecule has 0 aliphatic carbocycles. The van der Waals surface area contributed by atoms with E-state index < -0.39 is 19.5 Å². The molecular weight excluding hydrogens is 337 g/mol. The molecule has 0 spiro atoms. The maximum Gasteiger partial charge on any atom is 0.347 e. The number of hydrogen-bond donors (Lipinski definition) is 4. The van der Waals surface area contributed by atoms with Crippen LogP contribution in [-0.2, 0) is 17.4 Å². The van der Waals surface area contributed by atoms with E-state index in [1.54, 1.807) is 0 Å². The molecule has 0 saturated carbocycles. The zero-order chi connectivity index (χ0) is 18.8. The summed E-state index contributed by atoms with van der Waals surface area (Å²) in [5, 5.41) is 7.36. The number of aliphatic hydroxyl groups excluding tert-OH is 1. The summed E-state index contributed by atoms with van der Waals surface area (Å²) in [5.41, 5.74) is 8.10. The van der Waals surface area contributed by atoms with E-state index in [0.29, 0.717) is 12.8 Å². The van der Waals surface area contributed by atoms with E-state index in [0.717, 1.165) is 12.0 Å². The molecule has 1 aromatic carbocycles. The highest BCUT2D eigenvalue weighted by atomic mass is 31.2. The summed E-state index contributed by atoms with van der Waals surface area (Å²) in [6.45, 7) is 1.51. The van der Waals surface area contributed by atoms with E-state index in [-0.39, 0.29) is 6.42 Å². The van der Waals surface area contributed by atoms with E-state index in [2.05, 4.69) is 31.2 Å². The Balaban J connectivity index is 2.33. The Bertz CT molecular complexity index is 529. The van der Waals surface area contributed by atoms with Crippen LogP contribution in [-0.4, -0.2) is 26.8 Å². The van der Waals surface area contributed by atoms with Gasteiger partial charge in [-0.25, -0.2) is 0 Å². The number of benzene rings is 1. The van der Waals surface area contributed by atoms with Gasteiger partial charge in [0, 0.05) is 0 Å². The molecule has 5 N–H and O–H groups in total. The fourth-order valence-electron chi connectivity index (χ4n) is 2.90. The van der Waals surface area contributed by atoms with E-state index in [9.17, 15) is 19.5 Å². The van der Waals surface area contributed by atoms with Crippen LogP contribution in [0.4, 0.5) is 0 Å². The second kappa shape index (κ2) is 11.1. The van der Waals surface area contributed by atoms with Gasteiger partial charge in [0.05, 0.1) is 6.61 Å². The fourth-order valence-corrected chi connectivity index (χ4v) is 3.53. The SMILES string of the molecule is CCCCCCCCc1ccc(CCC[C@@](N)(CO)P(=O)(O)O)cc1. The molecule has 1 aromatic rings. The zero-order valence-electron chi connectivity index (χ0n) is 15.4. The van der Waals surface area contributed by atoms with Crippen LogP contribution in [0.5, 0.6) is 0 Å². The average molecular weight is 371 g/mol. The third-order valence-corrected chi connectivity index (χ3v) is 6.30. The van der Waals surface area contributed by atoms with Gasteiger partial charge in [-0.2, -0.15) is 0 Å². The highest BCUT2D eigenvalue weighted by Gasteiger charge is 2.42. The van der Waals surface area contributed by atoms with Crippen LogP contribution in [0, 0.1) is 0 Å². The summed E-state index contributed by atoms with van der Waals surface area (Å²) in [6.07, 6.45) is 10.2. The lowest BCUT2D eigenvalue weighted by atomic mass is 10.0. The van der Waals surface area contributed by atoms with Gasteiger partial charge in [0.2, 0.25) is 0 Å². The van der Waals surface area contributed by atoms with Crippen LogP contribution >= 0.6 is 7.60 Å². The average Bonchev–Trinajstić information content (AvgIpc) is 2.58. The normalized spacial score (nSPS) is 14.4. The Kier molecular flexibility index (Phi) is 9.91. The molecule has 144 valence electrons. The van der Waals surface area contributed by atoms with Crippen LogP contribution in [0.1, 0.15) is 69.4 Å². The molecular formula is C19H34NO4P. The molecule has 0 bridgehead atoms. The molecule has 25 heavy (non-hydrogen) atoms. The summed E-state index contributed by atoms with van der Waals surface area (Å²) in [7, 11) is -4.51. The van der Waals surface area contributed by atoms with E-state index in [1.165, 1.54) is 44.1 Å². The first-order valence-electron chi connectivity index (χ1n) is 9.35. The second-order valence-corrected chi connectivity index (χ2v) is 8.97. The topological polar surface area (TPSA) is 104 Å². The molecule has 0 fully saturated rings. The van der Waals surface area contributed by atoms with Gasteiger partial charge in [-0.3, -0.25) is 4.57 Å². The third-order valence-electron chi connectivity index (χ3n) is 4.77. The van der Waals surface area contributed by atoms with Gasteiger partial charge in [-0.05, 0) is 43.2 Å². The second-order valence-electron chi connectivity index (χ2n) is 6.99. The molecule has 0 radical (unpaired) electrons. The van der Waals surface area contributed by atoms with Crippen molar-refractivity contribution in [3.8, 4) is 0 Å². The van der Waals surface area contributed by atoms with Crippen molar-refractivity contribution in [1.29, 1.82) is 0 Å². The molecule has 0 unspecified atom stereocenters. The lowest BCUT2D eigenvalue weighted by Crippen LogP contribution is -2.43. The Labute approximate surface area is 151 Å². The quantitative estimate of drug-likeness (QED) is 0.312. The summed E-state index contributed by atoms with van der Waals surface area (Å²) in [5.74, 6) is 0. The molecule has 5 nitrogen and oxygen atoms in total. The highest BCUT2D eigenvalue weighted by molar-refractivity contribution is 7.53. The minimum absolute atomic E-state index is 0.0906. The zero-order valence-corrected chi connectivity index (χ0v) is 16.3. The Morgan fingerprint density at radius 1 is 0.920 bits per heavy atom. The van der Waals surface area contributed by atoms with Crippen LogP contribution in [0.25, 0.3) is 0 Å². The Morgan fingerprint density at radius 3 is 1.88 bits per heavy atom. The van der Waals surface area contributed by atoms with Crippen molar-refractivity contribution in [2.45, 2.75) is 76.4 Å². The van der Waals surface area contributed by atoms with Crippen molar-refractivity contribution in [1.82, 2.24) is 0 Å². The molecule has 0 aromatic heterocycles. The molecule has 0 aliphatic heterocycles. The summed E-state index contributed by atoms with van der Waals surface area (Å²) in [6, 6.07) is 8.40. The number of aliphatic hydroxyl groups is 1. The van der Waals surface area contributed by atoms with Crippen LogP contribution in [0.15, 0.2) is 24.3 Å². The van der Waals surface area contributed by atoms with Gasteiger partial charge >= 0.3 is 7.60 Å². The predicted molar refractivity (Wildman–Crippen MR) is 103 cm³/mol. The van der Waals surface area contributed by atoms with Crippen LogP contribution < -0.4 is 5.73 Å². The first kappa shape index (κ1) is 22.3. The van der Waals surface area contributed by atoms with Gasteiger partial charge < -0.3 is 20.6 Å². The summed E-state index contributed by atoms with van der Waals surface area (Å²) in [4.78, 5) is 18.5. The lowest BCUT2D eigenvalue weighted by molar-refractivity contribution is 0.204. The predicted octanol–water partition coefficient (Wildman–Crippen LogP) is 3.74. The molecule has 0 amide bonds. The molecule has 1 atom stereocenters.